The highest BCUT2D eigenvalue weighted by Crippen LogP contribution is 2.26. The number of anilines is 1. The molecule has 2 aromatic rings. The Morgan fingerprint density at radius 1 is 1.42 bits per heavy atom. The molecule has 1 aromatic carbocycles. The molecule has 0 amide bonds. The maximum absolute atomic E-state index is 9.71. The number of pyridine rings is 1. The van der Waals surface area contributed by atoms with Gasteiger partial charge in [-0.05, 0) is 25.6 Å². The summed E-state index contributed by atoms with van der Waals surface area (Å²) in [5, 5.41) is 14.1. The number of hydrogen-bond acceptors (Lipinski definition) is 4. The molecule has 0 radical (unpaired) electrons. The number of para-hydroxylation sites is 1. The smallest absolute Gasteiger partial charge is 0.133 e. The average Bonchev–Trinajstić information content (AvgIpc) is 2.85. The maximum atomic E-state index is 9.71. The van der Waals surface area contributed by atoms with E-state index in [1.54, 1.807) is 0 Å². The van der Waals surface area contributed by atoms with Gasteiger partial charge in [-0.3, -0.25) is 0 Å². The number of aliphatic hydroxyl groups is 1. The fourth-order valence-electron chi connectivity index (χ4n) is 2.68. The van der Waals surface area contributed by atoms with E-state index in [1.807, 2.05) is 25.2 Å². The molecule has 1 atom stereocenters. The molecule has 0 aliphatic carbocycles. The molecule has 4 nitrogen and oxygen atoms in total. The molecule has 0 bridgehead atoms. The fraction of sp³-hybridized carbons (Fsp3) is 0.400. The van der Waals surface area contributed by atoms with Crippen LogP contribution in [-0.4, -0.2) is 36.3 Å². The zero-order valence-electron chi connectivity index (χ0n) is 11.1. The van der Waals surface area contributed by atoms with Crippen molar-refractivity contribution in [2.24, 2.45) is 0 Å². The van der Waals surface area contributed by atoms with Crippen LogP contribution in [0.4, 0.5) is 5.82 Å². The standard InChI is InChI=1S/C15H19N3O/c1-16-9-12-8-11-4-2-3-5-14(11)17-15(12)18-7-6-13(19)10-18/h2-5,8,13,16,19H,6-7,9-10H2,1H3. The molecule has 1 saturated heterocycles. The van der Waals surface area contributed by atoms with Gasteiger partial charge < -0.3 is 15.3 Å². The molecule has 4 heteroatoms. The molecule has 1 fully saturated rings. The SMILES string of the molecule is CNCc1cc2ccccc2nc1N1CCC(O)C1. The molecule has 2 N–H and O–H groups in total. The van der Waals surface area contributed by atoms with E-state index in [2.05, 4.69) is 22.3 Å². The first-order valence-corrected chi connectivity index (χ1v) is 6.74. The van der Waals surface area contributed by atoms with Gasteiger partial charge in [0.1, 0.15) is 5.82 Å². The van der Waals surface area contributed by atoms with Crippen LogP contribution in [0.25, 0.3) is 10.9 Å². The second kappa shape index (κ2) is 5.15. The first-order chi connectivity index (χ1) is 9.28. The second-order valence-corrected chi connectivity index (χ2v) is 5.08. The zero-order chi connectivity index (χ0) is 13.2. The molecule has 1 unspecified atom stereocenters. The molecule has 0 spiro atoms. The number of rotatable bonds is 3. The molecule has 1 aliphatic heterocycles. The summed E-state index contributed by atoms with van der Waals surface area (Å²) >= 11 is 0. The third-order valence-electron chi connectivity index (χ3n) is 3.61. The molecule has 2 heterocycles. The van der Waals surface area contributed by atoms with E-state index in [1.165, 1.54) is 5.56 Å². The highest BCUT2D eigenvalue weighted by molar-refractivity contribution is 5.81. The van der Waals surface area contributed by atoms with Crippen molar-refractivity contribution in [2.75, 3.05) is 25.0 Å². The van der Waals surface area contributed by atoms with Gasteiger partial charge in [-0.25, -0.2) is 4.98 Å². The van der Waals surface area contributed by atoms with Crippen LogP contribution in [-0.2, 0) is 6.54 Å². The lowest BCUT2D eigenvalue weighted by Gasteiger charge is -2.21. The molecule has 3 rings (SSSR count). The van der Waals surface area contributed by atoms with Crippen LogP contribution >= 0.6 is 0 Å². The van der Waals surface area contributed by atoms with Gasteiger partial charge in [0.15, 0.2) is 0 Å². The largest absolute Gasteiger partial charge is 0.391 e. The maximum Gasteiger partial charge on any atom is 0.133 e. The van der Waals surface area contributed by atoms with Gasteiger partial charge in [0.2, 0.25) is 0 Å². The molecular weight excluding hydrogens is 238 g/mol. The van der Waals surface area contributed by atoms with Crippen LogP contribution in [0.15, 0.2) is 30.3 Å². The van der Waals surface area contributed by atoms with Crippen molar-refractivity contribution in [1.29, 1.82) is 0 Å². The number of nitrogens with zero attached hydrogens (tertiary/aromatic N) is 2. The minimum atomic E-state index is -0.226. The minimum Gasteiger partial charge on any atom is -0.391 e. The predicted octanol–water partition coefficient (Wildman–Crippen LogP) is 1.53. The summed E-state index contributed by atoms with van der Waals surface area (Å²) in [5.74, 6) is 1.00. The summed E-state index contributed by atoms with van der Waals surface area (Å²) in [5.41, 5.74) is 2.20. The average molecular weight is 257 g/mol. The second-order valence-electron chi connectivity index (χ2n) is 5.08. The van der Waals surface area contributed by atoms with Gasteiger partial charge in [0, 0.05) is 30.6 Å². The summed E-state index contributed by atoms with van der Waals surface area (Å²) in [6.07, 6.45) is 0.601. The minimum absolute atomic E-state index is 0.226. The summed E-state index contributed by atoms with van der Waals surface area (Å²) in [7, 11) is 1.94. The molecule has 0 saturated carbocycles. The van der Waals surface area contributed by atoms with Gasteiger partial charge in [-0.2, -0.15) is 0 Å². The predicted molar refractivity (Wildman–Crippen MR) is 77.3 cm³/mol. The third kappa shape index (κ3) is 2.41. The Hall–Kier alpha value is -1.65. The van der Waals surface area contributed by atoms with E-state index in [4.69, 9.17) is 4.98 Å². The monoisotopic (exact) mass is 257 g/mol. The Balaban J connectivity index is 2.07. The summed E-state index contributed by atoms with van der Waals surface area (Å²) < 4.78 is 0. The van der Waals surface area contributed by atoms with E-state index in [9.17, 15) is 5.11 Å². The van der Waals surface area contributed by atoms with Crippen molar-refractivity contribution in [3.05, 3.63) is 35.9 Å². The normalized spacial score (nSPS) is 19.3. The highest BCUT2D eigenvalue weighted by Gasteiger charge is 2.23. The van der Waals surface area contributed by atoms with Crippen LogP contribution < -0.4 is 10.2 Å². The van der Waals surface area contributed by atoms with Crippen molar-refractivity contribution >= 4 is 16.7 Å². The van der Waals surface area contributed by atoms with Crippen LogP contribution in [0, 0.1) is 0 Å². The fourth-order valence-corrected chi connectivity index (χ4v) is 2.68. The van der Waals surface area contributed by atoms with E-state index in [0.717, 1.165) is 36.2 Å². The first-order valence-electron chi connectivity index (χ1n) is 6.74. The summed E-state index contributed by atoms with van der Waals surface area (Å²) in [6, 6.07) is 10.4. The van der Waals surface area contributed by atoms with E-state index in [-0.39, 0.29) is 6.10 Å². The van der Waals surface area contributed by atoms with Crippen LogP contribution in [0.5, 0.6) is 0 Å². The van der Waals surface area contributed by atoms with Gasteiger partial charge in [-0.15, -0.1) is 0 Å². The van der Waals surface area contributed by atoms with Crippen molar-refractivity contribution < 1.29 is 5.11 Å². The topological polar surface area (TPSA) is 48.4 Å². The lowest BCUT2D eigenvalue weighted by atomic mass is 10.1. The number of fused-ring (bicyclic) bond motifs is 1. The van der Waals surface area contributed by atoms with Gasteiger partial charge in [0.05, 0.1) is 11.6 Å². The Kier molecular flexibility index (Phi) is 3.36. The molecular formula is C15H19N3O. The number of aliphatic hydroxyl groups excluding tert-OH is 1. The molecule has 1 aromatic heterocycles. The Morgan fingerprint density at radius 3 is 3.00 bits per heavy atom. The number of nitrogens with one attached hydrogen (secondary N) is 1. The van der Waals surface area contributed by atoms with Crippen LogP contribution in [0.2, 0.25) is 0 Å². The number of aromatic nitrogens is 1. The van der Waals surface area contributed by atoms with Gasteiger partial charge in [-0.1, -0.05) is 18.2 Å². The third-order valence-corrected chi connectivity index (χ3v) is 3.61. The molecule has 100 valence electrons. The van der Waals surface area contributed by atoms with Gasteiger partial charge >= 0.3 is 0 Å². The van der Waals surface area contributed by atoms with Crippen molar-refractivity contribution in [2.45, 2.75) is 19.1 Å². The lowest BCUT2D eigenvalue weighted by molar-refractivity contribution is 0.198. The van der Waals surface area contributed by atoms with Crippen molar-refractivity contribution in [3.8, 4) is 0 Å². The molecule has 19 heavy (non-hydrogen) atoms. The van der Waals surface area contributed by atoms with E-state index >= 15 is 0 Å². The van der Waals surface area contributed by atoms with Crippen LogP contribution in [0.1, 0.15) is 12.0 Å². The zero-order valence-corrected chi connectivity index (χ0v) is 11.1. The van der Waals surface area contributed by atoms with E-state index in [0.29, 0.717) is 6.54 Å². The van der Waals surface area contributed by atoms with Crippen molar-refractivity contribution in [1.82, 2.24) is 10.3 Å². The lowest BCUT2D eigenvalue weighted by Crippen LogP contribution is -2.24. The van der Waals surface area contributed by atoms with Gasteiger partial charge in [0.25, 0.3) is 0 Å². The van der Waals surface area contributed by atoms with E-state index < -0.39 is 0 Å². The Labute approximate surface area is 113 Å². The quantitative estimate of drug-likeness (QED) is 0.875. The first kappa shape index (κ1) is 12.4. The Bertz CT molecular complexity index is 585. The number of hydrogen-bond donors (Lipinski definition) is 2. The van der Waals surface area contributed by atoms with Crippen LogP contribution in [0.3, 0.4) is 0 Å². The number of benzene rings is 1. The highest BCUT2D eigenvalue weighted by atomic mass is 16.3. The summed E-state index contributed by atoms with van der Waals surface area (Å²) in [4.78, 5) is 6.97. The molecule has 1 aliphatic rings. The number of β-amino-alcohol motifs (C(OH)–C–C–N with tert-alkyl or cyclic N) is 1. The Morgan fingerprint density at radius 2 is 2.26 bits per heavy atom. The van der Waals surface area contributed by atoms with Crippen molar-refractivity contribution in [3.63, 3.8) is 0 Å². The summed E-state index contributed by atoms with van der Waals surface area (Å²) in [6.45, 7) is 2.35.